The average molecular weight is 312 g/mol. The van der Waals surface area contributed by atoms with Gasteiger partial charge in [0.05, 0.1) is 6.61 Å². The molecule has 1 N–H and O–H groups in total. The van der Waals surface area contributed by atoms with Crippen LogP contribution >= 0.6 is 0 Å². The summed E-state index contributed by atoms with van der Waals surface area (Å²) in [5.41, 5.74) is 0. The molecule has 1 aliphatic heterocycles. The molecule has 1 heterocycles. The van der Waals surface area contributed by atoms with Crippen molar-refractivity contribution < 1.29 is 14.3 Å². The van der Waals surface area contributed by atoms with Gasteiger partial charge in [0.2, 0.25) is 5.91 Å². The van der Waals surface area contributed by atoms with Crippen LogP contribution in [0.2, 0.25) is 0 Å². The Morgan fingerprint density at radius 1 is 1.14 bits per heavy atom. The van der Waals surface area contributed by atoms with E-state index in [0.29, 0.717) is 26.0 Å². The van der Waals surface area contributed by atoms with Gasteiger partial charge in [0.25, 0.3) is 0 Å². The summed E-state index contributed by atoms with van der Waals surface area (Å²) in [6, 6.07) is 0. The van der Waals surface area contributed by atoms with Gasteiger partial charge < -0.3 is 19.9 Å². The summed E-state index contributed by atoms with van der Waals surface area (Å²) in [5.74, 6) is 0.809. The molecular weight excluding hydrogens is 284 g/mol. The molecule has 1 fully saturated rings. The van der Waals surface area contributed by atoms with Crippen LogP contribution in [0, 0.1) is 0 Å². The standard InChI is InChI=1S/C15H28N4O3/c1-4-16-15(17-8-6-7-14(21)22-5-2)19-11-9-18(10-12-19)13(3)20/h4-12H2,1-3H3,(H,16,17). The molecule has 22 heavy (non-hydrogen) atoms. The van der Waals surface area contributed by atoms with Crippen LogP contribution in [0.25, 0.3) is 0 Å². The number of guanidine groups is 1. The van der Waals surface area contributed by atoms with Crippen LogP contribution < -0.4 is 5.32 Å². The minimum Gasteiger partial charge on any atom is -0.466 e. The van der Waals surface area contributed by atoms with Crippen LogP contribution in [-0.4, -0.2) is 73.5 Å². The fourth-order valence-electron chi connectivity index (χ4n) is 2.30. The number of nitrogens with zero attached hydrogens (tertiary/aromatic N) is 3. The van der Waals surface area contributed by atoms with Gasteiger partial charge in [-0.15, -0.1) is 0 Å². The predicted octanol–water partition coefficient (Wildman–Crippen LogP) is 0.459. The monoisotopic (exact) mass is 312 g/mol. The van der Waals surface area contributed by atoms with Gasteiger partial charge in [0.15, 0.2) is 5.96 Å². The summed E-state index contributed by atoms with van der Waals surface area (Å²) >= 11 is 0. The summed E-state index contributed by atoms with van der Waals surface area (Å²) < 4.78 is 4.90. The number of hydrogen-bond donors (Lipinski definition) is 1. The number of esters is 1. The smallest absolute Gasteiger partial charge is 0.305 e. The van der Waals surface area contributed by atoms with Gasteiger partial charge >= 0.3 is 5.97 Å². The van der Waals surface area contributed by atoms with Crippen molar-refractivity contribution in [2.45, 2.75) is 33.6 Å². The minimum absolute atomic E-state index is 0.121. The number of aliphatic imine (C=N–C) groups is 1. The second-order valence-electron chi connectivity index (χ2n) is 5.14. The third kappa shape index (κ3) is 6.32. The van der Waals surface area contributed by atoms with Crippen LogP contribution in [0.3, 0.4) is 0 Å². The first-order valence-corrected chi connectivity index (χ1v) is 8.02. The molecule has 0 spiro atoms. The SMILES string of the molecule is CCNC(=NCCCC(=O)OCC)N1CCN(C(C)=O)CC1. The van der Waals surface area contributed by atoms with Gasteiger partial charge in [-0.1, -0.05) is 0 Å². The number of ether oxygens (including phenoxy) is 1. The molecule has 0 aromatic heterocycles. The molecule has 1 saturated heterocycles. The second-order valence-corrected chi connectivity index (χ2v) is 5.14. The zero-order chi connectivity index (χ0) is 16.4. The quantitative estimate of drug-likeness (QED) is 0.334. The number of rotatable bonds is 6. The van der Waals surface area contributed by atoms with Crippen LogP contribution in [-0.2, 0) is 14.3 Å². The zero-order valence-corrected chi connectivity index (χ0v) is 13.9. The van der Waals surface area contributed by atoms with Crippen LogP contribution in [0.15, 0.2) is 4.99 Å². The Morgan fingerprint density at radius 2 is 1.77 bits per heavy atom. The van der Waals surface area contributed by atoms with E-state index < -0.39 is 0 Å². The molecule has 1 rings (SSSR count). The summed E-state index contributed by atoms with van der Waals surface area (Å²) in [5, 5.41) is 3.27. The number of piperazine rings is 1. The van der Waals surface area contributed by atoms with Gasteiger partial charge in [-0.25, -0.2) is 0 Å². The Labute approximate surface area is 132 Å². The Bertz CT molecular complexity index is 390. The number of carbonyl (C=O) groups is 2. The lowest BCUT2D eigenvalue weighted by Crippen LogP contribution is -2.53. The maximum atomic E-state index is 11.3. The third-order valence-corrected chi connectivity index (χ3v) is 3.47. The van der Waals surface area contributed by atoms with E-state index in [1.807, 2.05) is 11.8 Å². The van der Waals surface area contributed by atoms with Crippen molar-refractivity contribution >= 4 is 17.8 Å². The molecule has 0 aromatic rings. The Kier molecular flexibility index (Phi) is 8.32. The summed E-state index contributed by atoms with van der Waals surface area (Å²) in [4.78, 5) is 31.2. The van der Waals surface area contributed by atoms with Crippen molar-refractivity contribution in [3.05, 3.63) is 0 Å². The summed E-state index contributed by atoms with van der Waals surface area (Å²) in [6.07, 6.45) is 1.08. The molecule has 0 radical (unpaired) electrons. The van der Waals surface area contributed by atoms with Crippen molar-refractivity contribution in [2.24, 2.45) is 4.99 Å². The van der Waals surface area contributed by atoms with E-state index in [4.69, 9.17) is 4.74 Å². The molecule has 0 saturated carbocycles. The number of amides is 1. The highest BCUT2D eigenvalue weighted by molar-refractivity contribution is 5.80. The summed E-state index contributed by atoms with van der Waals surface area (Å²) in [7, 11) is 0. The molecule has 7 nitrogen and oxygen atoms in total. The van der Waals surface area contributed by atoms with E-state index in [2.05, 4.69) is 15.2 Å². The van der Waals surface area contributed by atoms with Gasteiger partial charge in [-0.05, 0) is 20.3 Å². The van der Waals surface area contributed by atoms with Crippen molar-refractivity contribution in [3.63, 3.8) is 0 Å². The van der Waals surface area contributed by atoms with Gasteiger partial charge in [-0.3, -0.25) is 14.6 Å². The predicted molar refractivity (Wildman–Crippen MR) is 85.7 cm³/mol. The molecule has 1 aliphatic rings. The van der Waals surface area contributed by atoms with Crippen molar-refractivity contribution in [2.75, 3.05) is 45.9 Å². The minimum atomic E-state index is -0.169. The van der Waals surface area contributed by atoms with E-state index in [1.165, 1.54) is 0 Å². The summed E-state index contributed by atoms with van der Waals surface area (Å²) in [6.45, 7) is 10.3. The fraction of sp³-hybridized carbons (Fsp3) is 0.800. The highest BCUT2D eigenvalue weighted by atomic mass is 16.5. The van der Waals surface area contributed by atoms with Gasteiger partial charge in [-0.2, -0.15) is 0 Å². The molecule has 1 amide bonds. The Hall–Kier alpha value is -1.79. The highest BCUT2D eigenvalue weighted by Crippen LogP contribution is 2.03. The number of hydrogen-bond acceptors (Lipinski definition) is 4. The molecule has 126 valence electrons. The molecule has 0 aromatic carbocycles. The molecule has 7 heteroatoms. The maximum Gasteiger partial charge on any atom is 0.305 e. The van der Waals surface area contributed by atoms with E-state index in [-0.39, 0.29) is 11.9 Å². The van der Waals surface area contributed by atoms with Crippen molar-refractivity contribution in [1.29, 1.82) is 0 Å². The van der Waals surface area contributed by atoms with Crippen LogP contribution in [0.4, 0.5) is 0 Å². The first-order chi connectivity index (χ1) is 10.6. The topological polar surface area (TPSA) is 74.2 Å². The molecule has 0 unspecified atom stereocenters. The number of nitrogens with one attached hydrogen (secondary N) is 1. The average Bonchev–Trinajstić information content (AvgIpc) is 2.51. The second kappa shape index (κ2) is 10.0. The van der Waals surface area contributed by atoms with E-state index in [0.717, 1.165) is 38.7 Å². The molecular formula is C15H28N4O3. The molecule has 0 aliphatic carbocycles. The Morgan fingerprint density at radius 3 is 2.32 bits per heavy atom. The normalized spacial score (nSPS) is 15.7. The van der Waals surface area contributed by atoms with Gasteiger partial charge in [0.1, 0.15) is 0 Å². The van der Waals surface area contributed by atoms with E-state index in [9.17, 15) is 9.59 Å². The molecule has 0 bridgehead atoms. The molecule has 0 atom stereocenters. The maximum absolute atomic E-state index is 11.3. The highest BCUT2D eigenvalue weighted by Gasteiger charge is 2.20. The van der Waals surface area contributed by atoms with Crippen LogP contribution in [0.1, 0.15) is 33.6 Å². The third-order valence-electron chi connectivity index (χ3n) is 3.47. The Balaban J connectivity index is 2.42. The van der Waals surface area contributed by atoms with Crippen LogP contribution in [0.5, 0.6) is 0 Å². The largest absolute Gasteiger partial charge is 0.466 e. The van der Waals surface area contributed by atoms with E-state index in [1.54, 1.807) is 13.8 Å². The first kappa shape index (κ1) is 18.3. The van der Waals surface area contributed by atoms with Crippen molar-refractivity contribution in [3.8, 4) is 0 Å². The van der Waals surface area contributed by atoms with E-state index >= 15 is 0 Å². The lowest BCUT2D eigenvalue weighted by atomic mass is 10.3. The fourth-order valence-corrected chi connectivity index (χ4v) is 2.30. The lowest BCUT2D eigenvalue weighted by molar-refractivity contribution is -0.143. The number of carbonyl (C=O) groups excluding carboxylic acids is 2. The van der Waals surface area contributed by atoms with Crippen molar-refractivity contribution in [1.82, 2.24) is 15.1 Å². The lowest BCUT2D eigenvalue weighted by Gasteiger charge is -2.36. The van der Waals surface area contributed by atoms with Gasteiger partial charge in [0, 0.05) is 52.6 Å². The zero-order valence-electron chi connectivity index (χ0n) is 13.9. The first-order valence-electron chi connectivity index (χ1n) is 8.02.